The van der Waals surface area contributed by atoms with Crippen LogP contribution in [-0.4, -0.2) is 56.1 Å². The van der Waals surface area contributed by atoms with Gasteiger partial charge in [-0.25, -0.2) is 0 Å². The Bertz CT molecular complexity index is 727. The van der Waals surface area contributed by atoms with Gasteiger partial charge in [0.05, 0.1) is 5.69 Å². The molecule has 3 aliphatic rings. The van der Waals surface area contributed by atoms with Crippen molar-refractivity contribution in [3.8, 4) is 5.75 Å². The van der Waals surface area contributed by atoms with E-state index in [1.807, 2.05) is 29.2 Å². The van der Waals surface area contributed by atoms with Crippen molar-refractivity contribution in [2.75, 3.05) is 44.2 Å². The van der Waals surface area contributed by atoms with Gasteiger partial charge in [-0.15, -0.1) is 0 Å². The molecule has 152 valence electrons. The third-order valence-electron chi connectivity index (χ3n) is 6.35. The maximum Gasteiger partial charge on any atom is 0.265 e. The van der Waals surface area contributed by atoms with Crippen LogP contribution in [0.4, 0.5) is 5.69 Å². The van der Waals surface area contributed by atoms with Crippen molar-refractivity contribution in [2.24, 2.45) is 10.4 Å². The highest BCUT2D eigenvalue weighted by Gasteiger charge is 2.41. The summed E-state index contributed by atoms with van der Waals surface area (Å²) in [6.07, 6.45) is 7.67. The van der Waals surface area contributed by atoms with Gasteiger partial charge in [-0.2, -0.15) is 0 Å². The van der Waals surface area contributed by atoms with Gasteiger partial charge in [0.15, 0.2) is 12.6 Å². The Balaban J connectivity index is 1.34. The number of hydrogen-bond acceptors (Lipinski definition) is 3. The third kappa shape index (κ3) is 3.96. The van der Waals surface area contributed by atoms with Crippen molar-refractivity contribution in [3.63, 3.8) is 0 Å². The van der Waals surface area contributed by atoms with Crippen molar-refractivity contribution in [2.45, 2.75) is 45.4 Å². The molecule has 1 saturated carbocycles. The van der Waals surface area contributed by atoms with E-state index in [9.17, 15) is 4.79 Å². The molecule has 2 heterocycles. The SMILES string of the molecule is CCNC(=NCCCN1C(=O)COc2ccccc21)N1CCC2(CCCC2)C1. The van der Waals surface area contributed by atoms with Crippen LogP contribution in [0.15, 0.2) is 29.3 Å². The van der Waals surface area contributed by atoms with Crippen LogP contribution in [0.5, 0.6) is 5.75 Å². The maximum atomic E-state index is 12.3. The average Bonchev–Trinajstić information content (AvgIpc) is 3.35. The van der Waals surface area contributed by atoms with E-state index >= 15 is 0 Å². The first-order valence-corrected chi connectivity index (χ1v) is 10.8. The molecular formula is C22H32N4O2. The predicted octanol–water partition coefficient (Wildman–Crippen LogP) is 3.03. The van der Waals surface area contributed by atoms with E-state index in [2.05, 4.69) is 17.1 Å². The third-order valence-corrected chi connectivity index (χ3v) is 6.35. The molecule has 6 nitrogen and oxygen atoms in total. The summed E-state index contributed by atoms with van der Waals surface area (Å²) in [4.78, 5) is 21.4. The van der Waals surface area contributed by atoms with E-state index in [4.69, 9.17) is 9.73 Å². The number of rotatable bonds is 5. The molecule has 0 unspecified atom stereocenters. The van der Waals surface area contributed by atoms with Gasteiger partial charge in [0.2, 0.25) is 0 Å². The van der Waals surface area contributed by atoms with E-state index in [0.29, 0.717) is 12.0 Å². The zero-order valence-electron chi connectivity index (χ0n) is 17.0. The molecule has 1 aliphatic carbocycles. The van der Waals surface area contributed by atoms with E-state index in [-0.39, 0.29) is 12.5 Å². The molecule has 1 aromatic carbocycles. The Hall–Kier alpha value is -2.24. The lowest BCUT2D eigenvalue weighted by molar-refractivity contribution is -0.121. The molecule has 1 spiro atoms. The summed E-state index contributed by atoms with van der Waals surface area (Å²) in [5, 5.41) is 3.47. The lowest BCUT2D eigenvalue weighted by Crippen LogP contribution is -2.41. The first kappa shape index (κ1) is 19.1. The van der Waals surface area contributed by atoms with Crippen molar-refractivity contribution in [1.82, 2.24) is 10.2 Å². The topological polar surface area (TPSA) is 57.2 Å². The second kappa shape index (κ2) is 8.41. The van der Waals surface area contributed by atoms with Crippen molar-refractivity contribution >= 4 is 17.6 Å². The van der Waals surface area contributed by atoms with Gasteiger partial charge in [0.25, 0.3) is 5.91 Å². The molecule has 4 rings (SSSR count). The number of para-hydroxylation sites is 2. The highest BCUT2D eigenvalue weighted by Crippen LogP contribution is 2.45. The normalized spacial score (nSPS) is 21.2. The van der Waals surface area contributed by atoms with E-state index in [0.717, 1.165) is 50.0 Å². The van der Waals surface area contributed by atoms with Crippen LogP contribution >= 0.6 is 0 Å². The van der Waals surface area contributed by atoms with Gasteiger partial charge in [-0.3, -0.25) is 9.79 Å². The molecule has 0 radical (unpaired) electrons. The Labute approximate surface area is 167 Å². The minimum absolute atomic E-state index is 0.0253. The summed E-state index contributed by atoms with van der Waals surface area (Å²) < 4.78 is 5.52. The van der Waals surface area contributed by atoms with Gasteiger partial charge in [-0.05, 0) is 50.2 Å². The van der Waals surface area contributed by atoms with Crippen LogP contribution in [0.2, 0.25) is 0 Å². The number of carbonyl (C=O) groups is 1. The van der Waals surface area contributed by atoms with Crippen LogP contribution in [0.1, 0.15) is 45.4 Å². The molecule has 1 saturated heterocycles. The van der Waals surface area contributed by atoms with Gasteiger partial charge in [-0.1, -0.05) is 25.0 Å². The van der Waals surface area contributed by atoms with Gasteiger partial charge in [0, 0.05) is 32.7 Å². The lowest BCUT2D eigenvalue weighted by Gasteiger charge is -2.29. The number of ether oxygens (including phenoxy) is 1. The van der Waals surface area contributed by atoms with Crippen LogP contribution in [0, 0.1) is 5.41 Å². The predicted molar refractivity (Wildman–Crippen MR) is 112 cm³/mol. The largest absolute Gasteiger partial charge is 0.482 e. The summed E-state index contributed by atoms with van der Waals surface area (Å²) in [7, 11) is 0. The van der Waals surface area contributed by atoms with Crippen LogP contribution in [0.3, 0.4) is 0 Å². The van der Waals surface area contributed by atoms with Crippen LogP contribution in [0.25, 0.3) is 0 Å². The molecule has 0 atom stereocenters. The molecule has 0 aromatic heterocycles. The number of benzene rings is 1. The molecule has 0 bridgehead atoms. The molecule has 1 aromatic rings. The fraction of sp³-hybridized carbons (Fsp3) is 0.636. The average molecular weight is 385 g/mol. The Morgan fingerprint density at radius 3 is 2.89 bits per heavy atom. The molecular weight excluding hydrogens is 352 g/mol. The summed E-state index contributed by atoms with van der Waals surface area (Å²) in [5.74, 6) is 1.86. The fourth-order valence-corrected chi connectivity index (χ4v) is 4.89. The number of likely N-dealkylation sites (tertiary alicyclic amines) is 1. The summed E-state index contributed by atoms with van der Waals surface area (Å²) in [6, 6.07) is 7.75. The molecule has 28 heavy (non-hydrogen) atoms. The van der Waals surface area contributed by atoms with Gasteiger partial charge >= 0.3 is 0 Å². The number of fused-ring (bicyclic) bond motifs is 1. The number of amides is 1. The second-order valence-corrected chi connectivity index (χ2v) is 8.27. The van der Waals surface area contributed by atoms with Gasteiger partial charge < -0.3 is 19.9 Å². The summed E-state index contributed by atoms with van der Waals surface area (Å²) in [5.41, 5.74) is 1.41. The summed E-state index contributed by atoms with van der Waals surface area (Å²) >= 11 is 0. The first-order valence-electron chi connectivity index (χ1n) is 10.8. The number of nitrogens with one attached hydrogen (secondary N) is 1. The van der Waals surface area contributed by atoms with E-state index in [1.54, 1.807) is 0 Å². The zero-order chi connectivity index (χ0) is 19.4. The number of aliphatic imine (C=N–C) groups is 1. The Morgan fingerprint density at radius 1 is 1.25 bits per heavy atom. The van der Waals surface area contributed by atoms with Crippen LogP contribution in [-0.2, 0) is 4.79 Å². The fourth-order valence-electron chi connectivity index (χ4n) is 4.89. The molecule has 1 amide bonds. The Morgan fingerprint density at radius 2 is 2.07 bits per heavy atom. The number of guanidine groups is 1. The van der Waals surface area contributed by atoms with Crippen molar-refractivity contribution < 1.29 is 9.53 Å². The van der Waals surface area contributed by atoms with E-state index < -0.39 is 0 Å². The van der Waals surface area contributed by atoms with E-state index in [1.165, 1.54) is 32.1 Å². The number of hydrogen-bond donors (Lipinski definition) is 1. The summed E-state index contributed by atoms with van der Waals surface area (Å²) in [6.45, 7) is 6.79. The number of nitrogens with zero attached hydrogens (tertiary/aromatic N) is 3. The Kier molecular flexibility index (Phi) is 5.74. The van der Waals surface area contributed by atoms with Gasteiger partial charge in [0.1, 0.15) is 5.75 Å². The van der Waals surface area contributed by atoms with Crippen molar-refractivity contribution in [3.05, 3.63) is 24.3 Å². The van der Waals surface area contributed by atoms with Crippen LogP contribution < -0.4 is 15.0 Å². The number of anilines is 1. The minimum Gasteiger partial charge on any atom is -0.482 e. The molecule has 2 aliphatic heterocycles. The monoisotopic (exact) mass is 384 g/mol. The zero-order valence-corrected chi connectivity index (χ0v) is 17.0. The van der Waals surface area contributed by atoms with Crippen molar-refractivity contribution in [1.29, 1.82) is 0 Å². The smallest absolute Gasteiger partial charge is 0.265 e. The highest BCUT2D eigenvalue weighted by molar-refractivity contribution is 5.97. The molecule has 1 N–H and O–H groups in total. The molecule has 2 fully saturated rings. The second-order valence-electron chi connectivity index (χ2n) is 8.27. The maximum absolute atomic E-state index is 12.3. The highest BCUT2D eigenvalue weighted by atomic mass is 16.5. The quantitative estimate of drug-likeness (QED) is 0.482. The number of carbonyl (C=O) groups excluding carboxylic acids is 1. The lowest BCUT2D eigenvalue weighted by atomic mass is 9.86. The molecule has 6 heteroatoms. The first-order chi connectivity index (χ1) is 13.7. The standard InChI is InChI=1S/C22H32N4O2/c1-2-23-21(25-15-12-22(17-25)10-5-6-11-22)24-13-7-14-26-18-8-3-4-9-19(18)28-16-20(26)27/h3-4,8-9H,2,5-7,10-17H2,1H3,(H,23,24). The minimum atomic E-state index is 0.0253.